The lowest BCUT2D eigenvalue weighted by atomic mass is 10.0. The Morgan fingerprint density at radius 2 is 1.91 bits per heavy atom. The second-order valence-electron chi connectivity index (χ2n) is 8.80. The highest BCUT2D eigenvalue weighted by Crippen LogP contribution is 2.39. The minimum Gasteiger partial charge on any atom is -0.507 e. The highest BCUT2D eigenvalue weighted by atomic mass is 16.5. The number of allylic oxidation sites excluding steroid dienone is 1. The van der Waals surface area contributed by atoms with E-state index in [9.17, 15) is 9.90 Å². The molecular formula is C27H24N4O3. The van der Waals surface area contributed by atoms with Gasteiger partial charge in [-0.15, -0.1) is 0 Å². The van der Waals surface area contributed by atoms with Crippen LogP contribution in [0.1, 0.15) is 35.2 Å². The first-order valence-electron chi connectivity index (χ1n) is 11.5. The van der Waals surface area contributed by atoms with Gasteiger partial charge in [0.2, 0.25) is 5.78 Å². The normalized spacial score (nSPS) is 16.8. The van der Waals surface area contributed by atoms with Gasteiger partial charge in [-0.1, -0.05) is 6.07 Å². The molecule has 1 fully saturated rings. The zero-order valence-electron chi connectivity index (χ0n) is 18.9. The number of benzene rings is 1. The molecule has 34 heavy (non-hydrogen) atoms. The van der Waals surface area contributed by atoms with Crippen LogP contribution >= 0.6 is 0 Å². The van der Waals surface area contributed by atoms with Crippen LogP contribution in [-0.2, 0) is 7.05 Å². The number of aryl methyl sites for hydroxylation is 1. The lowest BCUT2D eigenvalue weighted by molar-refractivity contribution is 0.101. The van der Waals surface area contributed by atoms with Gasteiger partial charge < -0.3 is 19.3 Å². The van der Waals surface area contributed by atoms with Crippen molar-refractivity contribution in [3.63, 3.8) is 0 Å². The van der Waals surface area contributed by atoms with Crippen LogP contribution in [0.25, 0.3) is 28.2 Å². The number of piperidine rings is 1. The number of nitrogens with zero attached hydrogens (tertiary/aromatic N) is 4. The first-order chi connectivity index (χ1) is 16.6. The molecule has 0 unspecified atom stereocenters. The number of aromatic nitrogens is 3. The molecule has 7 nitrogen and oxygen atoms in total. The minimum atomic E-state index is -0.330. The summed E-state index contributed by atoms with van der Waals surface area (Å²) < 4.78 is 7.73. The number of ether oxygens (including phenoxy) is 1. The molecule has 6 rings (SSSR count). The summed E-state index contributed by atoms with van der Waals surface area (Å²) >= 11 is 0. The van der Waals surface area contributed by atoms with Crippen molar-refractivity contribution in [2.45, 2.75) is 19.3 Å². The van der Waals surface area contributed by atoms with Gasteiger partial charge in [-0.3, -0.25) is 4.79 Å². The average Bonchev–Trinajstić information content (AvgIpc) is 3.37. The van der Waals surface area contributed by atoms with Crippen molar-refractivity contribution in [1.82, 2.24) is 14.5 Å². The van der Waals surface area contributed by atoms with Crippen molar-refractivity contribution < 1.29 is 14.6 Å². The number of hydrogen-bond acceptors (Lipinski definition) is 6. The van der Waals surface area contributed by atoms with Crippen LogP contribution in [0.2, 0.25) is 0 Å². The Morgan fingerprint density at radius 3 is 2.68 bits per heavy atom. The highest BCUT2D eigenvalue weighted by Gasteiger charge is 2.30. The maximum absolute atomic E-state index is 12.9. The van der Waals surface area contributed by atoms with Gasteiger partial charge in [0.1, 0.15) is 28.5 Å². The third kappa shape index (κ3) is 3.32. The Bertz CT molecular complexity index is 1450. The third-order valence-corrected chi connectivity index (χ3v) is 6.59. The predicted molar refractivity (Wildman–Crippen MR) is 131 cm³/mol. The van der Waals surface area contributed by atoms with E-state index >= 15 is 0 Å². The van der Waals surface area contributed by atoms with E-state index in [1.54, 1.807) is 24.4 Å². The van der Waals surface area contributed by atoms with Crippen molar-refractivity contribution in [3.05, 3.63) is 71.9 Å². The lowest BCUT2D eigenvalue weighted by Crippen LogP contribution is -2.29. The molecule has 170 valence electrons. The van der Waals surface area contributed by atoms with Crippen molar-refractivity contribution in [2.24, 2.45) is 7.05 Å². The number of carbonyl (C=O) groups is 1. The summed E-state index contributed by atoms with van der Waals surface area (Å²) in [4.78, 5) is 24.6. The number of phenols is 1. The summed E-state index contributed by atoms with van der Waals surface area (Å²) in [7, 11) is 1.93. The summed E-state index contributed by atoms with van der Waals surface area (Å²) in [5.74, 6) is 1.14. The van der Waals surface area contributed by atoms with Crippen LogP contribution in [0.15, 0.2) is 60.7 Å². The fourth-order valence-electron chi connectivity index (χ4n) is 4.90. The number of pyridine rings is 2. The second kappa shape index (κ2) is 8.02. The maximum atomic E-state index is 12.9. The Morgan fingerprint density at radius 1 is 1.06 bits per heavy atom. The van der Waals surface area contributed by atoms with Crippen molar-refractivity contribution in [1.29, 1.82) is 0 Å². The van der Waals surface area contributed by atoms with E-state index in [0.29, 0.717) is 5.75 Å². The van der Waals surface area contributed by atoms with E-state index in [4.69, 9.17) is 9.72 Å². The smallest absolute Gasteiger partial charge is 0.235 e. The molecule has 5 heterocycles. The molecule has 0 bridgehead atoms. The molecule has 1 saturated heterocycles. The van der Waals surface area contributed by atoms with Crippen LogP contribution in [0.5, 0.6) is 11.5 Å². The van der Waals surface area contributed by atoms with Crippen molar-refractivity contribution in [2.75, 3.05) is 18.0 Å². The van der Waals surface area contributed by atoms with Gasteiger partial charge in [0.05, 0.1) is 0 Å². The molecule has 0 atom stereocenters. The van der Waals surface area contributed by atoms with E-state index < -0.39 is 0 Å². The Balaban J connectivity index is 1.42. The van der Waals surface area contributed by atoms with Crippen molar-refractivity contribution in [3.8, 4) is 22.6 Å². The van der Waals surface area contributed by atoms with E-state index in [1.165, 1.54) is 25.3 Å². The molecule has 1 aromatic carbocycles. The Kier molecular flexibility index (Phi) is 4.83. The zero-order valence-corrected chi connectivity index (χ0v) is 18.9. The quantitative estimate of drug-likeness (QED) is 0.443. The topological polar surface area (TPSA) is 80.5 Å². The van der Waals surface area contributed by atoms with E-state index in [0.717, 1.165) is 46.6 Å². The Labute approximate surface area is 196 Å². The molecule has 2 aliphatic heterocycles. The third-order valence-electron chi connectivity index (χ3n) is 6.59. The second-order valence-corrected chi connectivity index (χ2v) is 8.80. The monoisotopic (exact) mass is 452 g/mol. The number of hydrogen-bond donors (Lipinski definition) is 1. The summed E-state index contributed by atoms with van der Waals surface area (Å²) in [6.45, 7) is 2.10. The molecule has 0 amide bonds. The van der Waals surface area contributed by atoms with Gasteiger partial charge in [0.15, 0.2) is 5.76 Å². The SMILES string of the molecule is Cn1cc(C=C2Oc3cccc(O)c3C2=O)c2c(-c3ccc(N4CCCCC4)nc3)ccnc21. The number of aromatic hydroxyl groups is 1. The molecule has 4 aromatic rings. The number of rotatable bonds is 3. The van der Waals surface area contributed by atoms with Gasteiger partial charge >= 0.3 is 0 Å². The average molecular weight is 453 g/mol. The van der Waals surface area contributed by atoms with Crippen LogP contribution in [0.4, 0.5) is 5.82 Å². The number of phenolic OH excluding ortho intramolecular Hbond substituents is 1. The summed E-state index contributed by atoms with van der Waals surface area (Å²) in [5, 5.41) is 11.0. The van der Waals surface area contributed by atoms with E-state index in [-0.39, 0.29) is 22.9 Å². The van der Waals surface area contributed by atoms with Gasteiger partial charge in [-0.25, -0.2) is 9.97 Å². The zero-order chi connectivity index (χ0) is 23.2. The van der Waals surface area contributed by atoms with Gasteiger partial charge in [-0.2, -0.15) is 0 Å². The van der Waals surface area contributed by atoms with Crippen LogP contribution in [-0.4, -0.2) is 38.5 Å². The van der Waals surface area contributed by atoms with Gasteiger partial charge in [0, 0.05) is 55.2 Å². The number of ketones is 1. The van der Waals surface area contributed by atoms with Crippen LogP contribution in [0, 0.1) is 0 Å². The highest BCUT2D eigenvalue weighted by molar-refractivity contribution is 6.17. The van der Waals surface area contributed by atoms with Gasteiger partial charge in [0.25, 0.3) is 0 Å². The predicted octanol–water partition coefficient (Wildman–Crippen LogP) is 4.95. The summed E-state index contributed by atoms with van der Waals surface area (Å²) in [5.41, 5.74) is 3.79. The molecule has 2 aliphatic rings. The first-order valence-corrected chi connectivity index (χ1v) is 11.5. The first kappa shape index (κ1) is 20.5. The molecule has 1 N–H and O–H groups in total. The molecule has 0 radical (unpaired) electrons. The fourth-order valence-corrected chi connectivity index (χ4v) is 4.90. The largest absolute Gasteiger partial charge is 0.507 e. The van der Waals surface area contributed by atoms with E-state index in [2.05, 4.69) is 22.0 Å². The van der Waals surface area contributed by atoms with Gasteiger partial charge in [-0.05, 0) is 61.2 Å². The molecule has 0 saturated carbocycles. The van der Waals surface area contributed by atoms with Crippen molar-refractivity contribution >= 4 is 28.7 Å². The van der Waals surface area contributed by atoms with Crippen LogP contribution in [0.3, 0.4) is 0 Å². The summed E-state index contributed by atoms with van der Waals surface area (Å²) in [6, 6.07) is 11.0. The standard InChI is InChI=1S/C27H24N4O3/c1-30-16-18(14-22-26(33)25-20(32)6-5-7-21(25)34-22)24-19(10-11-28-27(24)30)17-8-9-23(29-15-17)31-12-3-2-4-13-31/h5-11,14-16,32H,2-4,12-13H2,1H3. The lowest BCUT2D eigenvalue weighted by Gasteiger charge is -2.27. The molecule has 3 aromatic heterocycles. The fraction of sp³-hybridized carbons (Fsp3) is 0.222. The number of Topliss-reactive ketones (excluding diaryl/α,β-unsaturated/α-hetero) is 1. The number of anilines is 1. The molecular weight excluding hydrogens is 428 g/mol. The minimum absolute atomic E-state index is 0.0777. The molecule has 7 heteroatoms. The number of carbonyl (C=O) groups excluding carboxylic acids is 1. The van der Waals surface area contributed by atoms with Crippen LogP contribution < -0.4 is 9.64 Å². The Hall–Kier alpha value is -4.13. The maximum Gasteiger partial charge on any atom is 0.235 e. The molecule has 0 aliphatic carbocycles. The molecule has 0 spiro atoms. The summed E-state index contributed by atoms with van der Waals surface area (Å²) in [6.07, 6.45) is 11.1. The number of fused-ring (bicyclic) bond motifs is 2. The van der Waals surface area contributed by atoms with E-state index in [1.807, 2.05) is 30.1 Å².